The molecule has 2 saturated carbocycles. The van der Waals surface area contributed by atoms with Crippen LogP contribution in [0, 0.1) is 17.8 Å². The minimum atomic E-state index is -4.03. The highest BCUT2D eigenvalue weighted by atomic mass is 127. The third-order valence-electron chi connectivity index (χ3n) is 4.63. The number of alkyl halides is 3. The first-order chi connectivity index (χ1) is 9.45. The molecule has 2 aliphatic carbocycles. The Hall–Kier alpha value is -0.210. The van der Waals surface area contributed by atoms with Gasteiger partial charge in [0, 0.05) is 13.1 Å². The lowest BCUT2D eigenvalue weighted by atomic mass is 9.81. The largest absolute Gasteiger partial charge is 0.391 e. The van der Waals surface area contributed by atoms with Gasteiger partial charge < -0.3 is 11.1 Å². The van der Waals surface area contributed by atoms with E-state index in [0.717, 1.165) is 6.54 Å². The van der Waals surface area contributed by atoms with Gasteiger partial charge in [0.05, 0.1) is 5.92 Å². The minimum Gasteiger partial charge on any atom is -0.370 e. The Morgan fingerprint density at radius 1 is 1.05 bits per heavy atom. The summed E-state index contributed by atoms with van der Waals surface area (Å²) < 4.78 is 37.6. The summed E-state index contributed by atoms with van der Waals surface area (Å²) in [7, 11) is 0. The first-order valence-corrected chi connectivity index (χ1v) is 7.55. The number of nitrogens with two attached hydrogens (primary N) is 1. The summed E-state index contributed by atoms with van der Waals surface area (Å²) >= 11 is 0. The molecule has 3 nitrogen and oxygen atoms in total. The summed E-state index contributed by atoms with van der Waals surface area (Å²) in [6.45, 7) is 1.42. The van der Waals surface area contributed by atoms with Gasteiger partial charge in [0.15, 0.2) is 5.96 Å². The molecule has 0 aromatic rings. The Bertz CT molecular complexity index is 335. The molecule has 2 aliphatic rings. The lowest BCUT2D eigenvalue weighted by molar-refractivity contribution is -0.183. The minimum absolute atomic E-state index is 0. The predicted octanol–water partition coefficient (Wildman–Crippen LogP) is 3.68. The fourth-order valence-corrected chi connectivity index (χ4v) is 2.90. The van der Waals surface area contributed by atoms with Crippen LogP contribution >= 0.6 is 24.0 Å². The van der Waals surface area contributed by atoms with Crippen LogP contribution in [-0.2, 0) is 0 Å². The Balaban J connectivity index is 0.00000220. The molecule has 0 atom stereocenters. The number of rotatable bonds is 4. The number of hydrogen-bond donors (Lipinski definition) is 2. The van der Waals surface area contributed by atoms with Crippen LogP contribution in [0.1, 0.15) is 44.9 Å². The van der Waals surface area contributed by atoms with E-state index in [1.54, 1.807) is 0 Å². The Kier molecular flexibility index (Phi) is 7.56. The molecule has 0 aromatic heterocycles. The molecule has 0 radical (unpaired) electrons. The Morgan fingerprint density at radius 2 is 1.67 bits per heavy atom. The van der Waals surface area contributed by atoms with Crippen molar-refractivity contribution in [3.05, 3.63) is 0 Å². The zero-order valence-electron chi connectivity index (χ0n) is 12.2. The Morgan fingerprint density at radius 3 is 2.14 bits per heavy atom. The van der Waals surface area contributed by atoms with Gasteiger partial charge in [-0.3, -0.25) is 4.99 Å². The van der Waals surface area contributed by atoms with Gasteiger partial charge in [-0.15, -0.1) is 24.0 Å². The van der Waals surface area contributed by atoms with E-state index >= 15 is 0 Å². The van der Waals surface area contributed by atoms with Crippen molar-refractivity contribution in [3.8, 4) is 0 Å². The summed E-state index contributed by atoms with van der Waals surface area (Å²) in [5, 5.41) is 3.06. The molecule has 21 heavy (non-hydrogen) atoms. The highest BCUT2D eigenvalue weighted by Gasteiger charge is 2.41. The van der Waals surface area contributed by atoms with Gasteiger partial charge in [-0.2, -0.15) is 13.2 Å². The third-order valence-corrected chi connectivity index (χ3v) is 4.63. The van der Waals surface area contributed by atoms with Crippen molar-refractivity contribution in [2.24, 2.45) is 28.5 Å². The van der Waals surface area contributed by atoms with Crippen LogP contribution < -0.4 is 11.1 Å². The quantitative estimate of drug-likeness (QED) is 0.415. The van der Waals surface area contributed by atoms with Crippen molar-refractivity contribution in [1.82, 2.24) is 5.32 Å². The van der Waals surface area contributed by atoms with E-state index < -0.39 is 12.1 Å². The first-order valence-electron chi connectivity index (χ1n) is 7.55. The van der Waals surface area contributed by atoms with Gasteiger partial charge in [-0.1, -0.05) is 6.42 Å². The van der Waals surface area contributed by atoms with Gasteiger partial charge in [0.25, 0.3) is 0 Å². The van der Waals surface area contributed by atoms with Gasteiger partial charge in [-0.25, -0.2) is 0 Å². The molecule has 0 spiro atoms. The highest BCUT2D eigenvalue weighted by Crippen LogP contribution is 2.39. The topological polar surface area (TPSA) is 50.4 Å². The summed E-state index contributed by atoms with van der Waals surface area (Å²) in [6, 6.07) is 0. The molecule has 0 saturated heterocycles. The van der Waals surface area contributed by atoms with Crippen LogP contribution in [0.2, 0.25) is 0 Å². The lowest BCUT2D eigenvalue weighted by Gasteiger charge is -2.30. The summed E-state index contributed by atoms with van der Waals surface area (Å²) in [6.07, 6.45) is 1.46. The van der Waals surface area contributed by atoms with Crippen LogP contribution in [0.25, 0.3) is 0 Å². The van der Waals surface area contributed by atoms with Gasteiger partial charge in [0.2, 0.25) is 0 Å². The van der Waals surface area contributed by atoms with Crippen LogP contribution in [-0.4, -0.2) is 25.2 Å². The predicted molar refractivity (Wildman–Crippen MR) is 88.8 cm³/mol. The number of hydrogen-bond acceptors (Lipinski definition) is 1. The van der Waals surface area contributed by atoms with Crippen molar-refractivity contribution in [2.75, 3.05) is 13.1 Å². The normalized spacial score (nSPS) is 27.7. The van der Waals surface area contributed by atoms with Crippen LogP contribution in [0.15, 0.2) is 4.99 Å². The van der Waals surface area contributed by atoms with Crippen molar-refractivity contribution in [2.45, 2.75) is 51.1 Å². The number of nitrogens with one attached hydrogen (secondary N) is 1. The molecular weight excluding hydrogens is 394 g/mol. The van der Waals surface area contributed by atoms with Gasteiger partial charge in [0.1, 0.15) is 0 Å². The standard InChI is InChI=1S/C14H24F3N3.HI/c15-14(16,17)12-6-4-11(5-7-12)9-20-13(18)19-8-10-2-1-3-10;/h10-12H,1-9H2,(H3,18,19,20);1H. The molecule has 7 heteroatoms. The Labute approximate surface area is 141 Å². The van der Waals surface area contributed by atoms with Gasteiger partial charge >= 0.3 is 6.18 Å². The second kappa shape index (κ2) is 8.43. The van der Waals surface area contributed by atoms with E-state index in [4.69, 9.17) is 5.73 Å². The van der Waals surface area contributed by atoms with E-state index in [2.05, 4.69) is 10.3 Å². The van der Waals surface area contributed by atoms with Crippen molar-refractivity contribution in [1.29, 1.82) is 0 Å². The molecule has 2 fully saturated rings. The smallest absolute Gasteiger partial charge is 0.370 e. The molecule has 0 bridgehead atoms. The number of guanidine groups is 1. The van der Waals surface area contributed by atoms with Crippen molar-refractivity contribution in [3.63, 3.8) is 0 Å². The highest BCUT2D eigenvalue weighted by molar-refractivity contribution is 14.0. The molecule has 0 unspecified atom stereocenters. The number of aliphatic imine (C=N–C) groups is 1. The van der Waals surface area contributed by atoms with E-state index in [0.29, 0.717) is 31.3 Å². The summed E-state index contributed by atoms with van der Waals surface area (Å²) in [5.74, 6) is 0.293. The average molecular weight is 419 g/mol. The molecule has 0 aliphatic heterocycles. The molecule has 0 heterocycles. The van der Waals surface area contributed by atoms with Crippen molar-refractivity contribution < 1.29 is 13.2 Å². The van der Waals surface area contributed by atoms with Crippen LogP contribution in [0.3, 0.4) is 0 Å². The third kappa shape index (κ3) is 6.20. The maximum atomic E-state index is 12.5. The molecule has 3 N–H and O–H groups in total. The second-order valence-corrected chi connectivity index (χ2v) is 6.16. The second-order valence-electron chi connectivity index (χ2n) is 6.16. The molecular formula is C14H25F3IN3. The van der Waals surface area contributed by atoms with E-state index in [1.807, 2.05) is 0 Å². The van der Waals surface area contributed by atoms with Crippen LogP contribution in [0.4, 0.5) is 13.2 Å². The summed E-state index contributed by atoms with van der Waals surface area (Å²) in [5.41, 5.74) is 5.77. The van der Waals surface area contributed by atoms with Gasteiger partial charge in [-0.05, 0) is 50.4 Å². The van der Waals surface area contributed by atoms with Crippen molar-refractivity contribution >= 4 is 29.9 Å². The average Bonchev–Trinajstić information content (AvgIpc) is 2.34. The SMILES string of the molecule is I.NC(=NCC1CCC1)NCC1CCC(C(F)(F)F)CC1. The lowest BCUT2D eigenvalue weighted by Crippen LogP contribution is -2.38. The maximum Gasteiger partial charge on any atom is 0.391 e. The fraction of sp³-hybridized carbons (Fsp3) is 0.929. The van der Waals surface area contributed by atoms with E-state index in [9.17, 15) is 13.2 Å². The summed E-state index contributed by atoms with van der Waals surface area (Å²) in [4.78, 5) is 4.29. The molecule has 124 valence electrons. The zero-order chi connectivity index (χ0) is 14.6. The number of nitrogens with zero attached hydrogens (tertiary/aromatic N) is 1. The fourth-order valence-electron chi connectivity index (χ4n) is 2.90. The van der Waals surface area contributed by atoms with E-state index in [-0.39, 0.29) is 42.7 Å². The molecule has 0 amide bonds. The van der Waals surface area contributed by atoms with E-state index in [1.165, 1.54) is 19.3 Å². The number of halogens is 4. The van der Waals surface area contributed by atoms with Crippen LogP contribution in [0.5, 0.6) is 0 Å². The first kappa shape index (κ1) is 18.8. The monoisotopic (exact) mass is 419 g/mol. The molecule has 2 rings (SSSR count). The maximum absolute atomic E-state index is 12.5. The molecule has 0 aromatic carbocycles. The zero-order valence-corrected chi connectivity index (χ0v) is 14.5.